The molecule has 1 nitrogen and oxygen atoms in total. The van der Waals surface area contributed by atoms with E-state index >= 15 is 0 Å². The van der Waals surface area contributed by atoms with Crippen molar-refractivity contribution in [3.05, 3.63) is 28.5 Å². The molecule has 1 aromatic rings. The molecule has 0 radical (unpaired) electrons. The highest BCUT2D eigenvalue weighted by molar-refractivity contribution is 9.08. The first kappa shape index (κ1) is 9.01. The van der Waals surface area contributed by atoms with Gasteiger partial charge >= 0.3 is 0 Å². The maximum Gasteiger partial charge on any atom is 0.132 e. The standard InChI is InChI=1S/C8H9BrClN/c1-2-7-3-6(4-9)5-11-8(7)10/h3,5H,2,4H2,1H3. The van der Waals surface area contributed by atoms with Gasteiger partial charge in [0.15, 0.2) is 0 Å². The summed E-state index contributed by atoms with van der Waals surface area (Å²) < 4.78 is 0. The quantitative estimate of drug-likeness (QED) is 0.566. The van der Waals surface area contributed by atoms with Crippen molar-refractivity contribution >= 4 is 27.5 Å². The Morgan fingerprint density at radius 2 is 2.36 bits per heavy atom. The van der Waals surface area contributed by atoms with Gasteiger partial charge in [-0.1, -0.05) is 40.5 Å². The van der Waals surface area contributed by atoms with Crippen molar-refractivity contribution in [1.29, 1.82) is 0 Å². The van der Waals surface area contributed by atoms with Crippen molar-refractivity contribution in [3.63, 3.8) is 0 Å². The third-order valence-electron chi connectivity index (χ3n) is 1.50. The van der Waals surface area contributed by atoms with Crippen LogP contribution in [0.25, 0.3) is 0 Å². The van der Waals surface area contributed by atoms with Crippen LogP contribution in [0.3, 0.4) is 0 Å². The Balaban J connectivity index is 3.02. The van der Waals surface area contributed by atoms with Gasteiger partial charge in [-0.05, 0) is 17.5 Å². The summed E-state index contributed by atoms with van der Waals surface area (Å²) in [6.45, 7) is 2.07. The molecule has 3 heteroatoms. The molecule has 0 N–H and O–H groups in total. The van der Waals surface area contributed by atoms with Gasteiger partial charge in [0, 0.05) is 11.5 Å². The minimum absolute atomic E-state index is 0.622. The molecule has 0 amide bonds. The number of hydrogen-bond acceptors (Lipinski definition) is 1. The van der Waals surface area contributed by atoms with Gasteiger partial charge in [0.2, 0.25) is 0 Å². The number of aromatic nitrogens is 1. The van der Waals surface area contributed by atoms with Gasteiger partial charge in [0.05, 0.1) is 0 Å². The zero-order valence-corrected chi connectivity index (χ0v) is 8.61. The molecule has 60 valence electrons. The summed E-state index contributed by atoms with van der Waals surface area (Å²) in [5, 5.41) is 1.46. The zero-order valence-electron chi connectivity index (χ0n) is 6.27. The lowest BCUT2D eigenvalue weighted by Crippen LogP contribution is -1.88. The lowest BCUT2D eigenvalue weighted by Gasteiger charge is -2.01. The van der Waals surface area contributed by atoms with Gasteiger partial charge in [0.25, 0.3) is 0 Å². The summed E-state index contributed by atoms with van der Waals surface area (Å²) in [5.74, 6) is 0. The van der Waals surface area contributed by atoms with E-state index in [9.17, 15) is 0 Å². The van der Waals surface area contributed by atoms with Gasteiger partial charge in [-0.3, -0.25) is 0 Å². The molecule has 0 aromatic carbocycles. The minimum Gasteiger partial charge on any atom is -0.244 e. The highest BCUT2D eigenvalue weighted by Gasteiger charge is 1.99. The summed E-state index contributed by atoms with van der Waals surface area (Å²) in [4.78, 5) is 4.06. The average molecular weight is 235 g/mol. The number of rotatable bonds is 2. The molecule has 0 fully saturated rings. The van der Waals surface area contributed by atoms with Crippen LogP contribution in [-0.2, 0) is 11.8 Å². The molecule has 0 aliphatic heterocycles. The molecule has 0 unspecified atom stereocenters. The lowest BCUT2D eigenvalue weighted by atomic mass is 10.2. The monoisotopic (exact) mass is 233 g/mol. The zero-order chi connectivity index (χ0) is 8.27. The van der Waals surface area contributed by atoms with Crippen LogP contribution in [0.5, 0.6) is 0 Å². The largest absolute Gasteiger partial charge is 0.244 e. The summed E-state index contributed by atoms with van der Waals surface area (Å²) in [6.07, 6.45) is 2.73. The Hall–Kier alpha value is -0.0800. The number of aryl methyl sites for hydroxylation is 1. The summed E-state index contributed by atoms with van der Waals surface area (Å²) >= 11 is 9.19. The fourth-order valence-corrected chi connectivity index (χ4v) is 1.41. The third kappa shape index (κ3) is 2.17. The molecule has 11 heavy (non-hydrogen) atoms. The molecular weight excluding hydrogens is 225 g/mol. The molecule has 1 rings (SSSR count). The third-order valence-corrected chi connectivity index (χ3v) is 2.49. The van der Waals surface area contributed by atoms with Crippen molar-refractivity contribution in [2.24, 2.45) is 0 Å². The summed E-state index contributed by atoms with van der Waals surface area (Å²) in [6, 6.07) is 2.07. The molecule has 1 heterocycles. The second-order valence-corrected chi connectivity index (χ2v) is 3.20. The predicted octanol–water partition coefficient (Wildman–Crippen LogP) is 3.19. The maximum absolute atomic E-state index is 5.83. The summed E-state index contributed by atoms with van der Waals surface area (Å²) in [7, 11) is 0. The van der Waals surface area contributed by atoms with E-state index in [-0.39, 0.29) is 0 Å². The van der Waals surface area contributed by atoms with Crippen molar-refractivity contribution in [1.82, 2.24) is 4.98 Å². The van der Waals surface area contributed by atoms with E-state index in [2.05, 4.69) is 33.9 Å². The fourth-order valence-electron chi connectivity index (χ4n) is 0.864. The van der Waals surface area contributed by atoms with Gasteiger partial charge in [0.1, 0.15) is 5.15 Å². The van der Waals surface area contributed by atoms with E-state index in [1.165, 1.54) is 5.56 Å². The second kappa shape index (κ2) is 4.07. The van der Waals surface area contributed by atoms with Gasteiger partial charge < -0.3 is 0 Å². The van der Waals surface area contributed by atoms with Gasteiger partial charge in [-0.15, -0.1) is 0 Å². The minimum atomic E-state index is 0.622. The Labute approximate surface area is 79.9 Å². The molecule has 0 saturated heterocycles. The first-order valence-corrected chi connectivity index (χ1v) is 4.97. The van der Waals surface area contributed by atoms with Crippen LogP contribution in [0.4, 0.5) is 0 Å². The first-order valence-electron chi connectivity index (χ1n) is 3.47. The van der Waals surface area contributed by atoms with Crippen LogP contribution < -0.4 is 0 Å². The molecule has 1 aromatic heterocycles. The van der Waals surface area contributed by atoms with Crippen molar-refractivity contribution in [2.45, 2.75) is 18.7 Å². The van der Waals surface area contributed by atoms with E-state index in [1.54, 1.807) is 6.20 Å². The van der Waals surface area contributed by atoms with E-state index in [4.69, 9.17) is 11.6 Å². The molecule has 0 spiro atoms. The molecule has 0 saturated carbocycles. The van der Waals surface area contributed by atoms with Crippen LogP contribution >= 0.6 is 27.5 Å². The number of nitrogens with zero attached hydrogens (tertiary/aromatic N) is 1. The Morgan fingerprint density at radius 1 is 1.64 bits per heavy atom. The Kier molecular flexibility index (Phi) is 3.34. The van der Waals surface area contributed by atoms with Gasteiger partial charge in [-0.2, -0.15) is 0 Å². The highest BCUT2D eigenvalue weighted by Crippen LogP contribution is 2.16. The molecule has 0 aliphatic carbocycles. The molecule has 0 bridgehead atoms. The molecule has 0 atom stereocenters. The number of halogens is 2. The topological polar surface area (TPSA) is 12.9 Å². The second-order valence-electron chi connectivity index (χ2n) is 2.28. The van der Waals surface area contributed by atoms with Crippen molar-refractivity contribution in [3.8, 4) is 0 Å². The van der Waals surface area contributed by atoms with Crippen LogP contribution in [0.1, 0.15) is 18.1 Å². The highest BCUT2D eigenvalue weighted by atomic mass is 79.9. The summed E-state index contributed by atoms with van der Waals surface area (Å²) in [5.41, 5.74) is 2.29. The fraction of sp³-hybridized carbons (Fsp3) is 0.375. The number of hydrogen-bond donors (Lipinski definition) is 0. The van der Waals surface area contributed by atoms with Crippen LogP contribution in [0.15, 0.2) is 12.3 Å². The van der Waals surface area contributed by atoms with E-state index in [0.717, 1.165) is 17.3 Å². The normalized spacial score (nSPS) is 10.1. The predicted molar refractivity (Wildman–Crippen MR) is 51.3 cm³/mol. The van der Waals surface area contributed by atoms with Crippen LogP contribution in [-0.4, -0.2) is 4.98 Å². The van der Waals surface area contributed by atoms with E-state index in [1.807, 2.05) is 0 Å². The maximum atomic E-state index is 5.83. The SMILES string of the molecule is CCc1cc(CBr)cnc1Cl. The van der Waals surface area contributed by atoms with Crippen LogP contribution in [0, 0.1) is 0 Å². The van der Waals surface area contributed by atoms with E-state index < -0.39 is 0 Å². The van der Waals surface area contributed by atoms with Crippen molar-refractivity contribution in [2.75, 3.05) is 0 Å². The van der Waals surface area contributed by atoms with E-state index in [0.29, 0.717) is 5.15 Å². The Bertz CT molecular complexity index is 250. The molecule has 0 aliphatic rings. The number of alkyl halides is 1. The van der Waals surface area contributed by atoms with Crippen molar-refractivity contribution < 1.29 is 0 Å². The smallest absolute Gasteiger partial charge is 0.132 e. The van der Waals surface area contributed by atoms with Gasteiger partial charge in [-0.25, -0.2) is 4.98 Å². The Morgan fingerprint density at radius 3 is 2.91 bits per heavy atom. The first-order chi connectivity index (χ1) is 5.27. The lowest BCUT2D eigenvalue weighted by molar-refractivity contribution is 1.09. The molecular formula is C8H9BrClN. The van der Waals surface area contributed by atoms with Crippen LogP contribution in [0.2, 0.25) is 5.15 Å². The number of pyridine rings is 1. The average Bonchev–Trinajstić information content (AvgIpc) is 2.05.